The van der Waals surface area contributed by atoms with Crippen LogP contribution in [-0.2, 0) is 32.6 Å². The van der Waals surface area contributed by atoms with Crippen LogP contribution < -0.4 is 9.62 Å². The van der Waals surface area contributed by atoms with E-state index >= 15 is 0 Å². The second-order valence-electron chi connectivity index (χ2n) is 10.4. The van der Waals surface area contributed by atoms with Gasteiger partial charge in [0.2, 0.25) is 11.8 Å². The molecule has 0 heterocycles. The molecule has 4 rings (SSSR count). The van der Waals surface area contributed by atoms with Crippen LogP contribution in [0.3, 0.4) is 0 Å². The zero-order valence-electron chi connectivity index (χ0n) is 24.5. The number of hydrogen-bond acceptors (Lipinski definition) is 4. The number of benzene rings is 4. The van der Waals surface area contributed by atoms with Crippen LogP contribution in [0.5, 0.6) is 0 Å². The predicted octanol–water partition coefficient (Wildman–Crippen LogP) is 5.41. The fraction of sp³-hybridized carbons (Fsp3) is 0.235. The lowest BCUT2D eigenvalue weighted by Gasteiger charge is -2.34. The number of nitrogens with one attached hydrogen (secondary N) is 1. The number of aryl methyl sites for hydroxylation is 2. The summed E-state index contributed by atoms with van der Waals surface area (Å²) in [7, 11) is -4.18. The van der Waals surface area contributed by atoms with Gasteiger partial charge < -0.3 is 10.2 Å². The fourth-order valence-corrected chi connectivity index (χ4v) is 6.35. The third-order valence-corrected chi connectivity index (χ3v) is 8.91. The maximum absolute atomic E-state index is 14.4. The van der Waals surface area contributed by atoms with Gasteiger partial charge in [0.05, 0.1) is 10.6 Å². The average molecular weight is 602 g/mol. The maximum atomic E-state index is 14.4. The summed E-state index contributed by atoms with van der Waals surface area (Å²) in [4.78, 5) is 29.3. The van der Waals surface area contributed by atoms with Gasteiger partial charge >= 0.3 is 0 Å². The minimum absolute atomic E-state index is 0.0280. The summed E-state index contributed by atoms with van der Waals surface area (Å²) < 4.78 is 43.0. The Bertz CT molecular complexity index is 1650. The molecular formula is C34H36FN3O4S. The number of hydrogen-bond donors (Lipinski definition) is 1. The van der Waals surface area contributed by atoms with Crippen molar-refractivity contribution >= 4 is 27.5 Å². The molecule has 0 radical (unpaired) electrons. The van der Waals surface area contributed by atoms with Crippen LogP contribution in [0.2, 0.25) is 0 Å². The van der Waals surface area contributed by atoms with Gasteiger partial charge in [0.25, 0.3) is 10.0 Å². The van der Waals surface area contributed by atoms with Gasteiger partial charge in [0.15, 0.2) is 0 Å². The SMILES string of the molecule is CCNC(=O)[C@@H](Cc1ccccc1)N(Cc1ccc(F)cc1)C(=O)CN(c1cc(C)ccc1C)S(=O)(=O)c1ccccc1. The summed E-state index contributed by atoms with van der Waals surface area (Å²) in [6.45, 7) is 5.20. The molecule has 0 aliphatic carbocycles. The first kappa shape index (κ1) is 31.4. The maximum Gasteiger partial charge on any atom is 0.264 e. The van der Waals surface area contributed by atoms with Crippen molar-refractivity contribution in [2.24, 2.45) is 0 Å². The van der Waals surface area contributed by atoms with Gasteiger partial charge in [0, 0.05) is 19.5 Å². The summed E-state index contributed by atoms with van der Waals surface area (Å²) in [5.41, 5.74) is 3.30. The molecule has 43 heavy (non-hydrogen) atoms. The molecule has 2 amide bonds. The van der Waals surface area contributed by atoms with Crippen molar-refractivity contribution in [1.29, 1.82) is 0 Å². The van der Waals surface area contributed by atoms with E-state index in [9.17, 15) is 22.4 Å². The Kier molecular flexibility index (Phi) is 10.3. The molecule has 4 aromatic rings. The highest BCUT2D eigenvalue weighted by Gasteiger charge is 2.35. The highest BCUT2D eigenvalue weighted by molar-refractivity contribution is 7.92. The van der Waals surface area contributed by atoms with E-state index in [2.05, 4.69) is 5.32 Å². The number of likely N-dealkylation sites (N-methyl/N-ethyl adjacent to an activating group) is 1. The van der Waals surface area contributed by atoms with Crippen LogP contribution in [0.1, 0.15) is 29.2 Å². The van der Waals surface area contributed by atoms with E-state index in [1.165, 1.54) is 29.2 Å². The molecule has 0 bridgehead atoms. The Morgan fingerprint density at radius 1 is 0.837 bits per heavy atom. The molecule has 0 aromatic heterocycles. The van der Waals surface area contributed by atoms with E-state index in [-0.39, 0.29) is 23.8 Å². The molecule has 0 unspecified atom stereocenters. The largest absolute Gasteiger partial charge is 0.355 e. The van der Waals surface area contributed by atoms with E-state index in [0.717, 1.165) is 15.4 Å². The highest BCUT2D eigenvalue weighted by atomic mass is 32.2. The van der Waals surface area contributed by atoms with Crippen molar-refractivity contribution in [3.63, 3.8) is 0 Å². The monoisotopic (exact) mass is 601 g/mol. The Morgan fingerprint density at radius 2 is 1.47 bits per heavy atom. The van der Waals surface area contributed by atoms with Gasteiger partial charge in [-0.15, -0.1) is 0 Å². The van der Waals surface area contributed by atoms with Gasteiger partial charge in [-0.05, 0) is 73.4 Å². The molecule has 0 saturated heterocycles. The number of amides is 2. The number of carbonyl (C=O) groups excluding carboxylic acids is 2. The third kappa shape index (κ3) is 7.87. The number of nitrogens with zero attached hydrogens (tertiary/aromatic N) is 2. The Hall–Kier alpha value is -4.50. The molecule has 1 N–H and O–H groups in total. The average Bonchev–Trinajstić information content (AvgIpc) is 3.01. The molecule has 224 valence electrons. The lowest BCUT2D eigenvalue weighted by Crippen LogP contribution is -2.53. The van der Waals surface area contributed by atoms with Crippen molar-refractivity contribution in [2.45, 2.75) is 44.7 Å². The highest BCUT2D eigenvalue weighted by Crippen LogP contribution is 2.28. The first-order valence-electron chi connectivity index (χ1n) is 14.1. The van der Waals surface area contributed by atoms with Crippen molar-refractivity contribution < 1.29 is 22.4 Å². The number of halogens is 1. The quantitative estimate of drug-likeness (QED) is 0.235. The second-order valence-corrected chi connectivity index (χ2v) is 12.2. The molecule has 9 heteroatoms. The van der Waals surface area contributed by atoms with Gasteiger partial charge in [-0.3, -0.25) is 13.9 Å². The number of sulfonamides is 1. The van der Waals surface area contributed by atoms with Crippen molar-refractivity contribution in [3.8, 4) is 0 Å². The van der Waals surface area contributed by atoms with Gasteiger partial charge in [0.1, 0.15) is 18.4 Å². The Balaban J connectivity index is 1.81. The standard InChI is InChI=1S/C34H36FN3O4S/c1-4-36-34(40)32(22-27-11-7-5-8-12-27)37(23-28-17-19-29(35)20-18-28)33(39)24-38(31-21-25(2)15-16-26(31)3)43(41,42)30-13-9-6-10-14-30/h5-21,32H,4,22-24H2,1-3H3,(H,36,40)/t32-/m1/s1. The molecule has 0 saturated carbocycles. The molecule has 0 aliphatic rings. The zero-order valence-corrected chi connectivity index (χ0v) is 25.4. The normalized spacial score (nSPS) is 11.9. The topological polar surface area (TPSA) is 86.8 Å². The summed E-state index contributed by atoms with van der Waals surface area (Å²) >= 11 is 0. The number of anilines is 1. The molecule has 4 aromatic carbocycles. The van der Waals surface area contributed by atoms with Crippen LogP contribution >= 0.6 is 0 Å². The first-order chi connectivity index (χ1) is 20.6. The van der Waals surface area contributed by atoms with E-state index in [4.69, 9.17) is 0 Å². The van der Waals surface area contributed by atoms with Crippen molar-refractivity contribution in [3.05, 3.63) is 131 Å². The van der Waals surface area contributed by atoms with Gasteiger partial charge in [-0.1, -0.05) is 72.8 Å². The summed E-state index contributed by atoms with van der Waals surface area (Å²) in [6, 6.07) is 27.4. The van der Waals surface area contributed by atoms with Crippen LogP contribution in [0.15, 0.2) is 108 Å². The number of carbonyl (C=O) groups is 2. The zero-order chi connectivity index (χ0) is 31.0. The van der Waals surface area contributed by atoms with Crippen LogP contribution in [0.25, 0.3) is 0 Å². The van der Waals surface area contributed by atoms with Crippen LogP contribution in [-0.4, -0.2) is 44.3 Å². The van der Waals surface area contributed by atoms with E-state index in [0.29, 0.717) is 23.4 Å². The summed E-state index contributed by atoms with van der Waals surface area (Å²) in [5.74, 6) is -1.37. The minimum Gasteiger partial charge on any atom is -0.355 e. The molecule has 1 atom stereocenters. The number of rotatable bonds is 12. The van der Waals surface area contributed by atoms with Crippen LogP contribution in [0, 0.1) is 19.7 Å². The minimum atomic E-state index is -4.18. The van der Waals surface area contributed by atoms with Crippen molar-refractivity contribution in [1.82, 2.24) is 10.2 Å². The third-order valence-electron chi connectivity index (χ3n) is 7.13. The van der Waals surface area contributed by atoms with Crippen LogP contribution in [0.4, 0.5) is 10.1 Å². The summed E-state index contributed by atoms with van der Waals surface area (Å²) in [6.07, 6.45) is 0.203. The Morgan fingerprint density at radius 3 is 2.09 bits per heavy atom. The molecular weight excluding hydrogens is 565 g/mol. The van der Waals surface area contributed by atoms with Gasteiger partial charge in [-0.2, -0.15) is 0 Å². The summed E-state index contributed by atoms with van der Waals surface area (Å²) in [5, 5.41) is 2.83. The van der Waals surface area contributed by atoms with E-state index in [1.54, 1.807) is 50.2 Å². The predicted molar refractivity (Wildman–Crippen MR) is 166 cm³/mol. The molecule has 0 spiro atoms. The Labute approximate surface area is 253 Å². The molecule has 0 fully saturated rings. The van der Waals surface area contributed by atoms with E-state index < -0.39 is 34.3 Å². The van der Waals surface area contributed by atoms with Gasteiger partial charge in [-0.25, -0.2) is 12.8 Å². The first-order valence-corrected chi connectivity index (χ1v) is 15.5. The fourth-order valence-electron chi connectivity index (χ4n) is 4.85. The lowest BCUT2D eigenvalue weighted by molar-refractivity contribution is -0.140. The lowest BCUT2D eigenvalue weighted by atomic mass is 10.0. The molecule has 0 aliphatic heterocycles. The van der Waals surface area contributed by atoms with Crippen molar-refractivity contribution in [2.75, 3.05) is 17.4 Å². The van der Waals surface area contributed by atoms with E-state index in [1.807, 2.05) is 49.4 Å². The molecule has 7 nitrogen and oxygen atoms in total. The second kappa shape index (κ2) is 14.1. The smallest absolute Gasteiger partial charge is 0.264 e.